The van der Waals surface area contributed by atoms with Gasteiger partial charge in [0.25, 0.3) is 0 Å². The van der Waals surface area contributed by atoms with E-state index in [-0.39, 0.29) is 6.61 Å². The Morgan fingerprint density at radius 3 is 2.73 bits per heavy atom. The summed E-state index contributed by atoms with van der Waals surface area (Å²) >= 11 is 0. The summed E-state index contributed by atoms with van der Waals surface area (Å²) in [5.74, 6) is -0.408. The van der Waals surface area contributed by atoms with Gasteiger partial charge in [-0.1, -0.05) is 18.7 Å². The maximum Gasteiger partial charge on any atom is 0.341 e. The van der Waals surface area contributed by atoms with Gasteiger partial charge in [-0.05, 0) is 31.1 Å². The van der Waals surface area contributed by atoms with Crippen LogP contribution in [0.4, 0.5) is 0 Å². The van der Waals surface area contributed by atoms with Gasteiger partial charge in [0.05, 0.1) is 0 Å². The third-order valence-corrected chi connectivity index (χ3v) is 1.95. The van der Waals surface area contributed by atoms with E-state index in [9.17, 15) is 4.79 Å². The van der Waals surface area contributed by atoms with Crippen molar-refractivity contribution in [2.24, 2.45) is 0 Å². The molecule has 80 valence electrons. The van der Waals surface area contributed by atoms with Gasteiger partial charge in [-0.25, -0.2) is 4.79 Å². The van der Waals surface area contributed by atoms with Crippen LogP contribution in [0.2, 0.25) is 0 Å². The van der Waals surface area contributed by atoms with Crippen molar-refractivity contribution in [2.75, 3.05) is 6.61 Å². The molecule has 0 amide bonds. The second kappa shape index (κ2) is 4.64. The van der Waals surface area contributed by atoms with Gasteiger partial charge in [-0.2, -0.15) is 0 Å². The normalized spacial score (nSPS) is 9.73. The molecular weight excluding hydrogens is 192 g/mol. The first-order valence-electron chi connectivity index (χ1n) is 4.62. The summed E-state index contributed by atoms with van der Waals surface area (Å²) in [6.45, 7) is 7.27. The standard InChI is InChI=1S/C12H14O3/c1-8(2)10-5-4-9(3)6-11(10)15-7-12(13)14/h4-6H,1,7H2,2-3H3,(H,13,14). The van der Waals surface area contributed by atoms with Crippen molar-refractivity contribution in [3.8, 4) is 5.75 Å². The summed E-state index contributed by atoms with van der Waals surface area (Å²) in [4.78, 5) is 10.4. The highest BCUT2D eigenvalue weighted by molar-refractivity contribution is 5.70. The molecule has 1 N–H and O–H groups in total. The molecule has 0 spiro atoms. The van der Waals surface area contributed by atoms with Crippen LogP contribution in [-0.4, -0.2) is 17.7 Å². The molecule has 0 saturated carbocycles. The Bertz CT molecular complexity index is 394. The van der Waals surface area contributed by atoms with Crippen LogP contribution < -0.4 is 4.74 Å². The van der Waals surface area contributed by atoms with Crippen molar-refractivity contribution in [3.05, 3.63) is 35.9 Å². The van der Waals surface area contributed by atoms with Crippen molar-refractivity contribution in [1.29, 1.82) is 0 Å². The monoisotopic (exact) mass is 206 g/mol. The number of hydrogen-bond acceptors (Lipinski definition) is 2. The lowest BCUT2D eigenvalue weighted by molar-refractivity contribution is -0.139. The molecule has 1 aromatic carbocycles. The molecular formula is C12H14O3. The zero-order valence-electron chi connectivity index (χ0n) is 8.91. The maximum atomic E-state index is 10.4. The van der Waals surface area contributed by atoms with Gasteiger partial charge >= 0.3 is 5.97 Å². The molecule has 0 unspecified atom stereocenters. The number of ether oxygens (including phenoxy) is 1. The molecule has 1 aromatic rings. The third-order valence-electron chi connectivity index (χ3n) is 1.95. The first-order valence-corrected chi connectivity index (χ1v) is 4.62. The predicted octanol–water partition coefficient (Wildman–Crippen LogP) is 2.49. The van der Waals surface area contributed by atoms with Gasteiger partial charge in [0, 0.05) is 5.56 Å². The molecule has 0 heterocycles. The van der Waals surface area contributed by atoms with Crippen molar-refractivity contribution < 1.29 is 14.6 Å². The van der Waals surface area contributed by atoms with E-state index in [1.807, 2.05) is 32.0 Å². The van der Waals surface area contributed by atoms with Crippen LogP contribution in [0.3, 0.4) is 0 Å². The molecule has 0 bridgehead atoms. The smallest absolute Gasteiger partial charge is 0.341 e. The van der Waals surface area contributed by atoms with Crippen LogP contribution >= 0.6 is 0 Å². The molecule has 3 heteroatoms. The Balaban J connectivity index is 2.96. The number of carbonyl (C=O) groups is 1. The zero-order valence-corrected chi connectivity index (χ0v) is 8.91. The molecule has 0 aliphatic carbocycles. The molecule has 0 radical (unpaired) electrons. The highest BCUT2D eigenvalue weighted by Gasteiger charge is 2.06. The summed E-state index contributed by atoms with van der Waals surface area (Å²) in [6.07, 6.45) is 0. The summed E-state index contributed by atoms with van der Waals surface area (Å²) in [5.41, 5.74) is 2.73. The molecule has 0 fully saturated rings. The van der Waals surface area contributed by atoms with E-state index in [4.69, 9.17) is 9.84 Å². The Labute approximate surface area is 89.0 Å². The molecule has 0 aliphatic heterocycles. The summed E-state index contributed by atoms with van der Waals surface area (Å²) in [5, 5.41) is 8.53. The molecule has 1 rings (SSSR count). The molecule has 0 atom stereocenters. The molecule has 0 aromatic heterocycles. The fraction of sp³-hybridized carbons (Fsp3) is 0.250. The molecule has 0 aliphatic rings. The molecule has 0 saturated heterocycles. The van der Waals surface area contributed by atoms with Gasteiger partial charge in [0.1, 0.15) is 5.75 Å². The van der Waals surface area contributed by atoms with E-state index in [0.717, 1.165) is 16.7 Å². The van der Waals surface area contributed by atoms with E-state index >= 15 is 0 Å². The van der Waals surface area contributed by atoms with Gasteiger partial charge in [-0.3, -0.25) is 0 Å². The van der Waals surface area contributed by atoms with E-state index < -0.39 is 5.97 Å². The summed E-state index contributed by atoms with van der Waals surface area (Å²) < 4.78 is 5.18. The Morgan fingerprint density at radius 1 is 1.53 bits per heavy atom. The lowest BCUT2D eigenvalue weighted by Gasteiger charge is -2.10. The van der Waals surface area contributed by atoms with E-state index in [1.165, 1.54) is 0 Å². The summed E-state index contributed by atoms with van der Waals surface area (Å²) in [7, 11) is 0. The van der Waals surface area contributed by atoms with Gasteiger partial charge < -0.3 is 9.84 Å². The van der Waals surface area contributed by atoms with E-state index in [1.54, 1.807) is 0 Å². The topological polar surface area (TPSA) is 46.5 Å². The number of carboxylic acids is 1. The SMILES string of the molecule is C=C(C)c1ccc(C)cc1OCC(=O)O. The highest BCUT2D eigenvalue weighted by atomic mass is 16.5. The van der Waals surface area contributed by atoms with Crippen LogP contribution in [-0.2, 0) is 4.79 Å². The summed E-state index contributed by atoms with van der Waals surface area (Å²) in [6, 6.07) is 5.64. The van der Waals surface area contributed by atoms with Crippen molar-refractivity contribution in [3.63, 3.8) is 0 Å². The predicted molar refractivity (Wildman–Crippen MR) is 59.0 cm³/mol. The Hall–Kier alpha value is -1.77. The molecule has 15 heavy (non-hydrogen) atoms. The Morgan fingerprint density at radius 2 is 2.20 bits per heavy atom. The first kappa shape index (κ1) is 11.3. The number of allylic oxidation sites excluding steroid dienone is 1. The average molecular weight is 206 g/mol. The number of aliphatic carboxylic acids is 1. The lowest BCUT2D eigenvalue weighted by atomic mass is 10.1. The van der Waals surface area contributed by atoms with Crippen LogP contribution in [0.15, 0.2) is 24.8 Å². The second-order valence-corrected chi connectivity index (χ2v) is 3.46. The third kappa shape index (κ3) is 3.13. The van der Waals surface area contributed by atoms with Gasteiger partial charge in [0.2, 0.25) is 0 Å². The minimum atomic E-state index is -0.982. The van der Waals surface area contributed by atoms with Crippen molar-refractivity contribution >= 4 is 11.5 Å². The minimum absolute atomic E-state index is 0.330. The minimum Gasteiger partial charge on any atom is -0.481 e. The van der Waals surface area contributed by atoms with Crippen molar-refractivity contribution in [2.45, 2.75) is 13.8 Å². The van der Waals surface area contributed by atoms with Crippen LogP contribution in [0.25, 0.3) is 5.57 Å². The fourth-order valence-corrected chi connectivity index (χ4v) is 1.24. The number of hydrogen-bond donors (Lipinski definition) is 1. The number of carboxylic acid groups (broad SMARTS) is 1. The van der Waals surface area contributed by atoms with E-state index in [2.05, 4.69) is 6.58 Å². The van der Waals surface area contributed by atoms with Gasteiger partial charge in [0.15, 0.2) is 6.61 Å². The largest absolute Gasteiger partial charge is 0.481 e. The van der Waals surface area contributed by atoms with Crippen LogP contribution in [0, 0.1) is 6.92 Å². The van der Waals surface area contributed by atoms with E-state index in [0.29, 0.717) is 5.75 Å². The number of aryl methyl sites for hydroxylation is 1. The average Bonchev–Trinajstić information content (AvgIpc) is 2.14. The Kier molecular flexibility index (Phi) is 3.50. The fourth-order valence-electron chi connectivity index (χ4n) is 1.24. The maximum absolute atomic E-state index is 10.4. The van der Waals surface area contributed by atoms with Crippen molar-refractivity contribution in [1.82, 2.24) is 0 Å². The van der Waals surface area contributed by atoms with Crippen LogP contribution in [0.1, 0.15) is 18.1 Å². The quantitative estimate of drug-likeness (QED) is 0.823. The molecule has 3 nitrogen and oxygen atoms in total. The van der Waals surface area contributed by atoms with Crippen LogP contribution in [0.5, 0.6) is 5.75 Å². The number of rotatable bonds is 4. The first-order chi connectivity index (χ1) is 7.00. The zero-order chi connectivity index (χ0) is 11.4. The second-order valence-electron chi connectivity index (χ2n) is 3.46. The highest BCUT2D eigenvalue weighted by Crippen LogP contribution is 2.25. The number of benzene rings is 1. The lowest BCUT2D eigenvalue weighted by Crippen LogP contribution is -2.10. The van der Waals surface area contributed by atoms with Gasteiger partial charge in [-0.15, -0.1) is 0 Å².